The summed E-state index contributed by atoms with van der Waals surface area (Å²) in [6.07, 6.45) is 1.85. The maximum absolute atomic E-state index is 4.50. The number of hydrogen-bond donors (Lipinski definition) is 0. The van der Waals surface area contributed by atoms with E-state index >= 15 is 0 Å². The molecule has 1 aromatic heterocycles. The van der Waals surface area contributed by atoms with E-state index in [1.807, 2.05) is 24.4 Å². The first-order chi connectivity index (χ1) is 9.84. The summed E-state index contributed by atoms with van der Waals surface area (Å²) in [4.78, 5) is 6.99. The van der Waals surface area contributed by atoms with Crippen molar-refractivity contribution in [1.82, 2.24) is 4.98 Å². The van der Waals surface area contributed by atoms with Crippen molar-refractivity contribution in [1.29, 1.82) is 0 Å². The maximum atomic E-state index is 4.50. The van der Waals surface area contributed by atoms with Crippen LogP contribution in [0.4, 0.5) is 0 Å². The van der Waals surface area contributed by atoms with Gasteiger partial charge < -0.3 is 0 Å². The van der Waals surface area contributed by atoms with Gasteiger partial charge in [-0.2, -0.15) is 0 Å². The second-order valence-corrected chi connectivity index (χ2v) is 5.69. The number of rotatable bonds is 3. The minimum Gasteiger partial charge on any atom is -0.256 e. The summed E-state index contributed by atoms with van der Waals surface area (Å²) in [6.45, 7) is 2.14. The molecule has 0 saturated heterocycles. The maximum Gasteiger partial charge on any atom is 0.0716 e. The van der Waals surface area contributed by atoms with E-state index in [0.717, 1.165) is 5.69 Å². The summed E-state index contributed by atoms with van der Waals surface area (Å²) in [5.74, 6) is 0. The predicted octanol–water partition coefficient (Wildman–Crippen LogP) is 5.21. The minimum atomic E-state index is 1.03. The van der Waals surface area contributed by atoms with Crippen LogP contribution in [0.1, 0.15) is 5.56 Å². The van der Waals surface area contributed by atoms with Crippen LogP contribution in [0.25, 0.3) is 11.3 Å². The van der Waals surface area contributed by atoms with Gasteiger partial charge in [0, 0.05) is 21.6 Å². The monoisotopic (exact) mass is 277 g/mol. The van der Waals surface area contributed by atoms with Gasteiger partial charge in [0.25, 0.3) is 0 Å². The molecule has 3 aromatic rings. The molecule has 0 aliphatic heterocycles. The molecule has 0 unspecified atom stereocenters. The smallest absolute Gasteiger partial charge is 0.0716 e. The predicted molar refractivity (Wildman–Crippen MR) is 85.0 cm³/mol. The van der Waals surface area contributed by atoms with Gasteiger partial charge in [-0.05, 0) is 42.8 Å². The van der Waals surface area contributed by atoms with Gasteiger partial charge in [-0.3, -0.25) is 4.98 Å². The highest BCUT2D eigenvalue weighted by molar-refractivity contribution is 7.99. The van der Waals surface area contributed by atoms with E-state index in [0.29, 0.717) is 0 Å². The van der Waals surface area contributed by atoms with Crippen molar-refractivity contribution in [3.05, 3.63) is 78.5 Å². The molecule has 0 atom stereocenters. The third-order valence-corrected chi connectivity index (χ3v) is 4.19. The molecule has 20 heavy (non-hydrogen) atoms. The third kappa shape index (κ3) is 2.75. The van der Waals surface area contributed by atoms with Gasteiger partial charge in [-0.25, -0.2) is 0 Å². The highest BCUT2D eigenvalue weighted by atomic mass is 32.2. The average Bonchev–Trinajstić information content (AvgIpc) is 2.49. The molecule has 0 radical (unpaired) electrons. The van der Waals surface area contributed by atoms with Crippen LogP contribution in [0.15, 0.2) is 82.7 Å². The van der Waals surface area contributed by atoms with Crippen LogP contribution in [0.3, 0.4) is 0 Å². The Morgan fingerprint density at radius 3 is 2.35 bits per heavy atom. The van der Waals surface area contributed by atoms with Crippen LogP contribution in [0, 0.1) is 6.92 Å². The minimum absolute atomic E-state index is 1.03. The Bertz CT molecular complexity index is 693. The quantitative estimate of drug-likeness (QED) is 0.652. The van der Waals surface area contributed by atoms with E-state index < -0.39 is 0 Å². The topological polar surface area (TPSA) is 12.9 Å². The number of aromatic nitrogens is 1. The first kappa shape index (κ1) is 12.9. The second-order valence-electron chi connectivity index (χ2n) is 4.58. The zero-order chi connectivity index (χ0) is 13.8. The van der Waals surface area contributed by atoms with Crippen LogP contribution in [0.2, 0.25) is 0 Å². The lowest BCUT2D eigenvalue weighted by molar-refractivity contribution is 1.26. The lowest BCUT2D eigenvalue weighted by Crippen LogP contribution is -1.89. The standard InChI is InChI=1S/C18H15NS/c1-14-8-7-12-17(20-15-9-3-2-4-10-15)18(14)16-11-5-6-13-19-16/h2-13H,1H3. The van der Waals surface area contributed by atoms with Crippen molar-refractivity contribution in [2.45, 2.75) is 16.7 Å². The summed E-state index contributed by atoms with van der Waals surface area (Å²) in [5, 5.41) is 0. The summed E-state index contributed by atoms with van der Waals surface area (Å²) in [7, 11) is 0. The molecule has 1 nitrogen and oxygen atoms in total. The fraction of sp³-hybridized carbons (Fsp3) is 0.0556. The zero-order valence-electron chi connectivity index (χ0n) is 11.3. The SMILES string of the molecule is Cc1cccc(Sc2ccccc2)c1-c1ccccn1. The molecule has 1 heterocycles. The summed E-state index contributed by atoms with van der Waals surface area (Å²) >= 11 is 1.78. The largest absolute Gasteiger partial charge is 0.256 e. The van der Waals surface area contributed by atoms with Crippen LogP contribution in [0.5, 0.6) is 0 Å². The number of hydrogen-bond acceptors (Lipinski definition) is 2. The first-order valence-electron chi connectivity index (χ1n) is 6.58. The molecule has 0 spiro atoms. The van der Waals surface area contributed by atoms with Crippen LogP contribution >= 0.6 is 11.8 Å². The van der Waals surface area contributed by atoms with Crippen LogP contribution in [-0.2, 0) is 0 Å². The molecule has 98 valence electrons. The molecule has 0 N–H and O–H groups in total. The van der Waals surface area contributed by atoms with Gasteiger partial charge in [0.2, 0.25) is 0 Å². The fourth-order valence-corrected chi connectivity index (χ4v) is 3.24. The molecular weight excluding hydrogens is 262 g/mol. The van der Waals surface area contributed by atoms with E-state index in [2.05, 4.69) is 60.4 Å². The molecule has 0 aliphatic rings. The molecule has 3 rings (SSSR count). The summed E-state index contributed by atoms with van der Waals surface area (Å²) < 4.78 is 0. The van der Waals surface area contributed by atoms with Crippen molar-refractivity contribution in [2.24, 2.45) is 0 Å². The summed E-state index contributed by atoms with van der Waals surface area (Å²) in [6, 6.07) is 22.9. The Balaban J connectivity index is 2.06. The van der Waals surface area contributed by atoms with Gasteiger partial charge >= 0.3 is 0 Å². The van der Waals surface area contributed by atoms with E-state index in [1.54, 1.807) is 11.8 Å². The Kier molecular flexibility index (Phi) is 3.84. The van der Waals surface area contributed by atoms with Crippen molar-refractivity contribution in [3.8, 4) is 11.3 Å². The third-order valence-electron chi connectivity index (χ3n) is 3.13. The van der Waals surface area contributed by atoms with Crippen molar-refractivity contribution in [2.75, 3.05) is 0 Å². The van der Waals surface area contributed by atoms with E-state index in [1.165, 1.54) is 20.9 Å². The van der Waals surface area contributed by atoms with E-state index in [4.69, 9.17) is 0 Å². The van der Waals surface area contributed by atoms with E-state index in [-0.39, 0.29) is 0 Å². The van der Waals surface area contributed by atoms with Gasteiger partial charge in [0.15, 0.2) is 0 Å². The number of pyridine rings is 1. The molecule has 0 fully saturated rings. The van der Waals surface area contributed by atoms with Crippen molar-refractivity contribution in [3.63, 3.8) is 0 Å². The first-order valence-corrected chi connectivity index (χ1v) is 7.40. The van der Waals surface area contributed by atoms with E-state index in [9.17, 15) is 0 Å². The number of benzene rings is 2. The second kappa shape index (κ2) is 5.93. The molecule has 0 bridgehead atoms. The molecular formula is C18H15NS. The van der Waals surface area contributed by atoms with Gasteiger partial charge in [-0.15, -0.1) is 0 Å². The average molecular weight is 277 g/mol. The summed E-state index contributed by atoms with van der Waals surface area (Å²) in [5.41, 5.74) is 3.51. The number of nitrogens with zero attached hydrogens (tertiary/aromatic N) is 1. The van der Waals surface area contributed by atoms with Crippen molar-refractivity contribution >= 4 is 11.8 Å². The van der Waals surface area contributed by atoms with Crippen LogP contribution < -0.4 is 0 Å². The van der Waals surface area contributed by atoms with Crippen molar-refractivity contribution < 1.29 is 0 Å². The molecule has 2 aromatic carbocycles. The van der Waals surface area contributed by atoms with Gasteiger partial charge in [-0.1, -0.05) is 48.2 Å². The van der Waals surface area contributed by atoms with Crippen LogP contribution in [-0.4, -0.2) is 4.98 Å². The van der Waals surface area contributed by atoms with Gasteiger partial charge in [0.05, 0.1) is 5.69 Å². The fourth-order valence-electron chi connectivity index (χ4n) is 2.18. The lowest BCUT2D eigenvalue weighted by Gasteiger charge is -2.11. The van der Waals surface area contributed by atoms with Gasteiger partial charge in [0.1, 0.15) is 0 Å². The molecule has 0 aliphatic carbocycles. The highest BCUT2D eigenvalue weighted by Crippen LogP contribution is 2.36. The Hall–Kier alpha value is -2.06. The molecule has 0 saturated carbocycles. The molecule has 2 heteroatoms. The lowest BCUT2D eigenvalue weighted by atomic mass is 10.1. The molecule has 0 amide bonds. The Morgan fingerprint density at radius 1 is 0.800 bits per heavy atom. The normalized spacial score (nSPS) is 10.4. The number of aryl methyl sites for hydroxylation is 1. The highest BCUT2D eigenvalue weighted by Gasteiger charge is 2.10. The Morgan fingerprint density at radius 2 is 1.60 bits per heavy atom. The Labute approximate surface area is 123 Å². The zero-order valence-corrected chi connectivity index (χ0v) is 12.1.